The van der Waals surface area contributed by atoms with E-state index in [2.05, 4.69) is 25.2 Å². The van der Waals surface area contributed by atoms with Crippen molar-refractivity contribution in [1.82, 2.24) is 29.9 Å². The molecule has 69 heavy (non-hydrogen) atoms. The zero-order valence-electron chi connectivity index (χ0n) is 39.6. The van der Waals surface area contributed by atoms with Crippen molar-refractivity contribution in [1.29, 1.82) is 0 Å². The summed E-state index contributed by atoms with van der Waals surface area (Å²) in [6.07, 6.45) is 2.35. The number of hydrogen-bond acceptors (Lipinski definition) is 13. The molecule has 3 aromatic rings. The van der Waals surface area contributed by atoms with Crippen LogP contribution < -0.4 is 10.2 Å². The lowest BCUT2D eigenvalue weighted by atomic mass is 9.96. The minimum Gasteiger partial charge on any atom is -0.505 e. The number of nitrogens with zero attached hydrogens (tertiary/aromatic N) is 8. The van der Waals surface area contributed by atoms with Gasteiger partial charge in [-0.25, -0.2) is 19.8 Å². The third kappa shape index (κ3) is 11.6. The highest BCUT2D eigenvalue weighted by molar-refractivity contribution is 6.45. The molecule has 6 amide bonds. The molecule has 0 radical (unpaired) electrons. The van der Waals surface area contributed by atoms with Gasteiger partial charge >= 0.3 is 5.97 Å². The Bertz CT molecular complexity index is 2520. The van der Waals surface area contributed by atoms with E-state index in [1.165, 1.54) is 47.0 Å². The number of ether oxygens (including phenoxy) is 2. The van der Waals surface area contributed by atoms with Crippen molar-refractivity contribution in [3.05, 3.63) is 101 Å². The Morgan fingerprint density at radius 2 is 1.59 bits per heavy atom. The minimum atomic E-state index is -1.76. The van der Waals surface area contributed by atoms with E-state index in [9.17, 15) is 33.9 Å². The Morgan fingerprint density at radius 1 is 0.870 bits per heavy atom. The van der Waals surface area contributed by atoms with E-state index >= 15 is 4.79 Å². The Morgan fingerprint density at radius 3 is 2.28 bits per heavy atom. The van der Waals surface area contributed by atoms with Crippen LogP contribution in [-0.2, 0) is 44.7 Å². The van der Waals surface area contributed by atoms with Crippen LogP contribution in [-0.4, -0.2) is 180 Å². The summed E-state index contributed by atoms with van der Waals surface area (Å²) in [5, 5.41) is 12.9. The maximum absolute atomic E-state index is 15.5. The number of aliphatic imine (C=N–C) groups is 2. The molecule has 364 valence electrons. The fourth-order valence-corrected chi connectivity index (χ4v) is 8.92. The number of carbonyl (C=O) groups excluding carboxylic acids is 7. The van der Waals surface area contributed by atoms with E-state index in [-0.39, 0.29) is 50.0 Å². The number of benzene rings is 2. The molecule has 0 unspecified atom stereocenters. The van der Waals surface area contributed by atoms with E-state index in [4.69, 9.17) is 9.47 Å². The van der Waals surface area contributed by atoms with Crippen LogP contribution in [0.15, 0.2) is 94.6 Å². The number of likely N-dealkylation sites (N-methyl/N-ethyl adjacent to an activating group) is 1. The number of aromatic nitrogens is 1. The Labute approximate surface area is 400 Å². The van der Waals surface area contributed by atoms with Crippen LogP contribution in [0, 0.1) is 0 Å². The summed E-state index contributed by atoms with van der Waals surface area (Å²) in [6.45, 7) is 6.02. The van der Waals surface area contributed by atoms with Gasteiger partial charge in [-0.3, -0.25) is 33.7 Å². The average molecular weight is 946 g/mol. The van der Waals surface area contributed by atoms with Crippen molar-refractivity contribution >= 4 is 58.5 Å². The van der Waals surface area contributed by atoms with Crippen LogP contribution >= 0.6 is 0 Å². The van der Waals surface area contributed by atoms with Gasteiger partial charge in [-0.2, -0.15) is 0 Å². The fourth-order valence-electron chi connectivity index (χ4n) is 8.92. The Hall–Kier alpha value is -7.12. The molecule has 0 spiro atoms. The molecule has 0 saturated carbocycles. The van der Waals surface area contributed by atoms with E-state index in [0.29, 0.717) is 39.3 Å². The SMILES string of the molecule is CCC1=NC(=O)[C@@H](NC(=O)c2ncccc2O)[C@@H](C)OC(=O)C(c2ccccc2)=NC(=O)[C@@H]2CC=C(CN3CCOCC3)CN2C(=O)[C@H](Cc2ccc(N(C)C)cc2)N(C)C(=O)[C@@H]2CCCN2C1=O. The average Bonchev–Trinajstić information content (AvgIpc) is 3.85. The molecule has 19 heteroatoms. The van der Waals surface area contributed by atoms with Crippen LogP contribution in [0.1, 0.15) is 61.1 Å². The largest absolute Gasteiger partial charge is 0.505 e. The number of nitrogens with one attached hydrogen (secondary N) is 1. The number of hydrogen-bond donors (Lipinski definition) is 2. The number of anilines is 1. The van der Waals surface area contributed by atoms with Crippen LogP contribution in [0.2, 0.25) is 0 Å². The molecule has 1 aromatic heterocycles. The molecule has 4 aliphatic heterocycles. The predicted molar refractivity (Wildman–Crippen MR) is 255 cm³/mol. The molecule has 5 heterocycles. The van der Waals surface area contributed by atoms with E-state index in [1.54, 1.807) is 37.3 Å². The number of fused-ring (bicyclic) bond motifs is 2. The summed E-state index contributed by atoms with van der Waals surface area (Å²) >= 11 is 0. The predicted octanol–water partition coefficient (Wildman–Crippen LogP) is 2.21. The smallest absolute Gasteiger partial charge is 0.358 e. The summed E-state index contributed by atoms with van der Waals surface area (Å²) in [5.74, 6) is -6.34. The van der Waals surface area contributed by atoms with Crippen LogP contribution in [0.4, 0.5) is 5.69 Å². The Balaban J connectivity index is 1.36. The summed E-state index contributed by atoms with van der Waals surface area (Å²) in [5.41, 5.74) is 1.58. The number of morpholine rings is 1. The molecule has 4 aliphatic rings. The summed E-state index contributed by atoms with van der Waals surface area (Å²) in [6, 6.07) is 13.0. The molecule has 7 rings (SSSR count). The van der Waals surface area contributed by atoms with Crippen LogP contribution in [0.3, 0.4) is 0 Å². The molecule has 2 aromatic carbocycles. The van der Waals surface area contributed by atoms with Crippen molar-refractivity contribution in [2.45, 2.75) is 76.2 Å². The van der Waals surface area contributed by atoms with E-state index < -0.39 is 88.8 Å². The normalized spacial score (nSPS) is 23.7. The monoisotopic (exact) mass is 945 g/mol. The second-order valence-electron chi connectivity index (χ2n) is 17.7. The highest BCUT2D eigenvalue weighted by atomic mass is 16.5. The van der Waals surface area contributed by atoms with Crippen LogP contribution in [0.25, 0.3) is 0 Å². The first-order chi connectivity index (χ1) is 33.1. The molecule has 2 fully saturated rings. The van der Waals surface area contributed by atoms with Crippen molar-refractivity contribution < 1.29 is 48.1 Å². The van der Waals surface area contributed by atoms with E-state index in [1.807, 2.05) is 49.3 Å². The molecule has 0 bridgehead atoms. The molecule has 5 atom stereocenters. The molecular formula is C50H59N9O10. The number of carbonyl (C=O) groups is 7. The lowest BCUT2D eigenvalue weighted by molar-refractivity contribution is -0.150. The molecule has 2 saturated heterocycles. The van der Waals surface area contributed by atoms with Gasteiger partial charge in [0.25, 0.3) is 23.6 Å². The highest BCUT2D eigenvalue weighted by Gasteiger charge is 2.44. The van der Waals surface area contributed by atoms with Gasteiger partial charge < -0.3 is 39.5 Å². The zero-order chi connectivity index (χ0) is 49.4. The molecule has 2 N–H and O–H groups in total. The van der Waals surface area contributed by atoms with Crippen molar-refractivity contribution in [3.8, 4) is 5.75 Å². The highest BCUT2D eigenvalue weighted by Crippen LogP contribution is 2.27. The molecular weight excluding hydrogens is 887 g/mol. The summed E-state index contributed by atoms with van der Waals surface area (Å²) < 4.78 is 11.4. The second kappa shape index (κ2) is 22.3. The summed E-state index contributed by atoms with van der Waals surface area (Å²) in [7, 11) is 5.33. The maximum atomic E-state index is 15.5. The van der Waals surface area contributed by atoms with E-state index in [0.717, 1.165) is 16.8 Å². The van der Waals surface area contributed by atoms with Crippen LogP contribution in [0.5, 0.6) is 5.75 Å². The van der Waals surface area contributed by atoms with Gasteiger partial charge in [-0.1, -0.05) is 55.5 Å². The topological polar surface area (TPSA) is 224 Å². The molecule has 0 aliphatic carbocycles. The number of aromatic hydroxyl groups is 1. The second-order valence-corrected chi connectivity index (χ2v) is 17.7. The third-order valence-corrected chi connectivity index (χ3v) is 12.9. The first-order valence-corrected chi connectivity index (χ1v) is 23.2. The number of esters is 1. The number of pyridine rings is 1. The first kappa shape index (κ1) is 49.8. The minimum absolute atomic E-state index is 0.0159. The van der Waals surface area contributed by atoms with Gasteiger partial charge in [-0.15, -0.1) is 0 Å². The zero-order valence-corrected chi connectivity index (χ0v) is 39.6. The Kier molecular flexibility index (Phi) is 16.1. The fraction of sp³-hybridized carbons (Fsp3) is 0.440. The number of amides is 6. The third-order valence-electron chi connectivity index (χ3n) is 12.9. The summed E-state index contributed by atoms with van der Waals surface area (Å²) in [4.78, 5) is 123. The maximum Gasteiger partial charge on any atom is 0.358 e. The number of rotatable bonds is 9. The lowest BCUT2D eigenvalue weighted by Gasteiger charge is -2.40. The van der Waals surface area contributed by atoms with Gasteiger partial charge in [0.2, 0.25) is 11.8 Å². The van der Waals surface area contributed by atoms with Crippen molar-refractivity contribution in [2.75, 3.05) is 72.0 Å². The standard InChI is InChI=1S/C50H59N9O10/c1-6-36-47(64)58-23-11-14-38(58)48(65)56(5)39(28-32-16-19-35(20-17-32)55(3)4)49(66)59-30-33(29-57-24-26-68-27-25-57)18-21-37(59)44(61)54-42(34-12-8-7-9-13-34)50(67)69-31(2)41(45(62)52-36)53-46(63)43-40(60)15-10-22-51-43/h7-10,12-13,15-20,22,31,37-39,41,60H,6,11,14,21,23-30H2,1-5H3,(H,53,63)/t31-,37+,38+,39+,41+/m1/s1. The lowest BCUT2D eigenvalue weighted by Crippen LogP contribution is -2.59. The van der Waals surface area contributed by atoms with Gasteiger partial charge in [0, 0.05) is 77.7 Å². The van der Waals surface area contributed by atoms with Crippen molar-refractivity contribution in [2.24, 2.45) is 9.98 Å². The quantitative estimate of drug-likeness (QED) is 0.232. The van der Waals surface area contributed by atoms with Gasteiger partial charge in [0.15, 0.2) is 11.4 Å². The molecule has 19 nitrogen and oxygen atoms in total. The first-order valence-electron chi connectivity index (χ1n) is 23.2. The van der Waals surface area contributed by atoms with Gasteiger partial charge in [-0.05, 0) is 68.0 Å². The van der Waals surface area contributed by atoms with Gasteiger partial charge in [0.1, 0.15) is 41.7 Å². The van der Waals surface area contributed by atoms with Gasteiger partial charge in [0.05, 0.1) is 13.2 Å². The van der Waals surface area contributed by atoms with Crippen molar-refractivity contribution in [3.63, 3.8) is 0 Å². The number of cyclic esters (lactones) is 1.